The summed E-state index contributed by atoms with van der Waals surface area (Å²) < 4.78 is 1.77. The van der Waals surface area contributed by atoms with Gasteiger partial charge in [-0.25, -0.2) is 0 Å². The van der Waals surface area contributed by atoms with Gasteiger partial charge >= 0.3 is 0 Å². The maximum Gasteiger partial charge on any atom is 0.0596 e. The molecule has 0 radical (unpaired) electrons. The second kappa shape index (κ2) is 5.17. The van der Waals surface area contributed by atoms with Crippen LogP contribution in [0.25, 0.3) is 0 Å². The third-order valence-corrected chi connectivity index (χ3v) is 3.77. The summed E-state index contributed by atoms with van der Waals surface area (Å²) in [6.07, 6.45) is 3.48. The van der Waals surface area contributed by atoms with Gasteiger partial charge in [0.25, 0.3) is 0 Å². The van der Waals surface area contributed by atoms with E-state index in [4.69, 9.17) is 11.6 Å². The molecular formula is C11H7Br2ClN2. The SMILES string of the molecule is Clc1cccc(Nc2cncc(Br)c2)c1Br. The van der Waals surface area contributed by atoms with Gasteiger partial charge in [0.2, 0.25) is 0 Å². The van der Waals surface area contributed by atoms with Crippen molar-refractivity contribution < 1.29 is 0 Å². The first kappa shape index (κ1) is 11.9. The summed E-state index contributed by atoms with van der Waals surface area (Å²) in [5, 5.41) is 3.90. The molecule has 16 heavy (non-hydrogen) atoms. The lowest BCUT2D eigenvalue weighted by Gasteiger charge is -2.09. The van der Waals surface area contributed by atoms with Gasteiger partial charge in [-0.1, -0.05) is 17.7 Å². The summed E-state index contributed by atoms with van der Waals surface area (Å²) in [6.45, 7) is 0. The largest absolute Gasteiger partial charge is 0.353 e. The highest BCUT2D eigenvalue weighted by Gasteiger charge is 2.04. The van der Waals surface area contributed by atoms with E-state index < -0.39 is 0 Å². The molecule has 0 saturated heterocycles. The minimum absolute atomic E-state index is 0.674. The van der Waals surface area contributed by atoms with Gasteiger partial charge in [0, 0.05) is 10.7 Å². The molecule has 0 amide bonds. The van der Waals surface area contributed by atoms with Crippen molar-refractivity contribution in [3.63, 3.8) is 0 Å². The fourth-order valence-electron chi connectivity index (χ4n) is 1.24. The second-order valence-corrected chi connectivity index (χ2v) is 5.23. The van der Waals surface area contributed by atoms with Crippen LogP contribution in [-0.2, 0) is 0 Å². The molecule has 0 unspecified atom stereocenters. The zero-order valence-electron chi connectivity index (χ0n) is 8.05. The molecular weight excluding hydrogens is 355 g/mol. The number of halogens is 3. The quantitative estimate of drug-likeness (QED) is 0.813. The van der Waals surface area contributed by atoms with Crippen molar-refractivity contribution in [1.29, 1.82) is 0 Å². The Morgan fingerprint density at radius 3 is 2.75 bits per heavy atom. The smallest absolute Gasteiger partial charge is 0.0596 e. The van der Waals surface area contributed by atoms with E-state index >= 15 is 0 Å². The predicted molar refractivity (Wildman–Crippen MR) is 74.4 cm³/mol. The van der Waals surface area contributed by atoms with Crippen LogP contribution in [0.5, 0.6) is 0 Å². The number of nitrogens with one attached hydrogen (secondary N) is 1. The van der Waals surface area contributed by atoms with Crippen molar-refractivity contribution >= 4 is 54.8 Å². The van der Waals surface area contributed by atoms with E-state index in [0.29, 0.717) is 5.02 Å². The van der Waals surface area contributed by atoms with Gasteiger partial charge in [-0.3, -0.25) is 4.98 Å². The Hall–Kier alpha value is -0.580. The van der Waals surface area contributed by atoms with Gasteiger partial charge in [-0.15, -0.1) is 0 Å². The molecule has 1 N–H and O–H groups in total. The maximum atomic E-state index is 6.00. The minimum atomic E-state index is 0.674. The van der Waals surface area contributed by atoms with Crippen LogP contribution >= 0.6 is 43.5 Å². The minimum Gasteiger partial charge on any atom is -0.353 e. The van der Waals surface area contributed by atoms with Crippen LogP contribution in [-0.4, -0.2) is 4.98 Å². The van der Waals surface area contributed by atoms with Crippen molar-refractivity contribution in [2.75, 3.05) is 5.32 Å². The number of pyridine rings is 1. The van der Waals surface area contributed by atoms with E-state index in [0.717, 1.165) is 20.3 Å². The highest BCUT2D eigenvalue weighted by atomic mass is 79.9. The summed E-state index contributed by atoms with van der Waals surface area (Å²) in [7, 11) is 0. The standard InChI is InChI=1S/C11H7Br2ClN2/c12-7-4-8(6-15-5-7)16-10-3-1-2-9(14)11(10)13/h1-6,16H. The predicted octanol–water partition coefficient (Wildman–Crippen LogP) is 5.00. The Morgan fingerprint density at radius 1 is 1.19 bits per heavy atom. The monoisotopic (exact) mass is 360 g/mol. The van der Waals surface area contributed by atoms with Crippen molar-refractivity contribution in [3.05, 3.63) is 50.6 Å². The summed E-state index contributed by atoms with van der Waals surface area (Å²) in [5.74, 6) is 0. The molecule has 0 aliphatic carbocycles. The lowest BCUT2D eigenvalue weighted by Crippen LogP contribution is -1.92. The first-order valence-corrected chi connectivity index (χ1v) is 6.45. The molecule has 2 nitrogen and oxygen atoms in total. The Kier molecular flexibility index (Phi) is 3.84. The van der Waals surface area contributed by atoms with Crippen LogP contribution < -0.4 is 5.32 Å². The third kappa shape index (κ3) is 2.75. The molecule has 0 aliphatic heterocycles. The van der Waals surface area contributed by atoms with Crippen molar-refractivity contribution in [2.45, 2.75) is 0 Å². The summed E-state index contributed by atoms with van der Waals surface area (Å²) >= 11 is 12.8. The number of rotatable bonds is 2. The fourth-order valence-corrected chi connectivity index (χ4v) is 2.14. The topological polar surface area (TPSA) is 24.9 Å². The summed E-state index contributed by atoms with van der Waals surface area (Å²) in [5.41, 5.74) is 1.81. The molecule has 0 aliphatic rings. The van der Waals surface area contributed by atoms with Crippen molar-refractivity contribution in [1.82, 2.24) is 4.98 Å². The third-order valence-electron chi connectivity index (χ3n) is 1.94. The van der Waals surface area contributed by atoms with Gasteiger partial charge in [0.1, 0.15) is 0 Å². The molecule has 1 aromatic heterocycles. The molecule has 0 saturated carbocycles. The number of nitrogens with zero attached hydrogens (tertiary/aromatic N) is 1. The maximum absolute atomic E-state index is 6.00. The zero-order chi connectivity index (χ0) is 11.5. The Labute approximate surface area is 115 Å². The normalized spacial score (nSPS) is 10.2. The molecule has 1 heterocycles. The van der Waals surface area contributed by atoms with Crippen LogP contribution in [0.4, 0.5) is 11.4 Å². The van der Waals surface area contributed by atoms with Crippen molar-refractivity contribution in [3.8, 4) is 0 Å². The van der Waals surface area contributed by atoms with E-state index in [2.05, 4.69) is 42.2 Å². The van der Waals surface area contributed by atoms with E-state index in [1.54, 1.807) is 12.4 Å². The van der Waals surface area contributed by atoms with Crippen LogP contribution in [0, 0.1) is 0 Å². The number of aromatic nitrogens is 1. The van der Waals surface area contributed by atoms with Crippen LogP contribution in [0.3, 0.4) is 0 Å². The van der Waals surface area contributed by atoms with Crippen LogP contribution in [0.15, 0.2) is 45.6 Å². The van der Waals surface area contributed by atoms with Gasteiger partial charge < -0.3 is 5.32 Å². The van der Waals surface area contributed by atoms with E-state index in [9.17, 15) is 0 Å². The Bertz CT molecular complexity index is 517. The average molecular weight is 362 g/mol. The second-order valence-electron chi connectivity index (χ2n) is 3.12. The average Bonchev–Trinajstić information content (AvgIpc) is 2.25. The van der Waals surface area contributed by atoms with Crippen LogP contribution in [0.1, 0.15) is 0 Å². The van der Waals surface area contributed by atoms with Gasteiger partial charge in [0.15, 0.2) is 0 Å². The zero-order valence-corrected chi connectivity index (χ0v) is 12.0. The number of hydrogen-bond acceptors (Lipinski definition) is 2. The lowest BCUT2D eigenvalue weighted by molar-refractivity contribution is 1.30. The Balaban J connectivity index is 2.31. The van der Waals surface area contributed by atoms with E-state index in [1.807, 2.05) is 24.3 Å². The molecule has 0 atom stereocenters. The molecule has 5 heteroatoms. The lowest BCUT2D eigenvalue weighted by atomic mass is 10.3. The molecule has 0 fully saturated rings. The molecule has 2 aromatic rings. The number of hydrogen-bond donors (Lipinski definition) is 1. The van der Waals surface area contributed by atoms with E-state index in [1.165, 1.54) is 0 Å². The van der Waals surface area contributed by atoms with Gasteiger partial charge in [-0.05, 0) is 50.1 Å². The van der Waals surface area contributed by atoms with E-state index in [-0.39, 0.29) is 0 Å². The highest BCUT2D eigenvalue weighted by Crippen LogP contribution is 2.32. The summed E-state index contributed by atoms with van der Waals surface area (Å²) in [4.78, 5) is 4.07. The molecule has 1 aromatic carbocycles. The van der Waals surface area contributed by atoms with Crippen molar-refractivity contribution in [2.24, 2.45) is 0 Å². The molecule has 2 rings (SSSR count). The molecule has 82 valence electrons. The Morgan fingerprint density at radius 2 is 2.00 bits per heavy atom. The summed E-state index contributed by atoms with van der Waals surface area (Å²) in [6, 6.07) is 7.61. The number of anilines is 2. The highest BCUT2D eigenvalue weighted by molar-refractivity contribution is 9.11. The first-order chi connectivity index (χ1) is 7.66. The molecule has 0 spiro atoms. The number of benzene rings is 1. The van der Waals surface area contributed by atoms with Crippen LogP contribution in [0.2, 0.25) is 5.02 Å². The van der Waals surface area contributed by atoms with Gasteiger partial charge in [-0.2, -0.15) is 0 Å². The van der Waals surface area contributed by atoms with Gasteiger partial charge in [0.05, 0.1) is 27.1 Å². The first-order valence-electron chi connectivity index (χ1n) is 4.48. The fraction of sp³-hybridized carbons (Fsp3) is 0. The molecule has 0 bridgehead atoms.